The molecule has 104 valence electrons. The Morgan fingerprint density at radius 2 is 2.00 bits per heavy atom. The fraction of sp³-hybridized carbons (Fsp3) is 0.533. The largest absolute Gasteiger partial charge is 0.383 e. The summed E-state index contributed by atoms with van der Waals surface area (Å²) >= 11 is 0. The zero-order valence-corrected chi connectivity index (χ0v) is 11.5. The number of carbonyl (C=O) groups is 1. The Bertz CT molecular complexity index is 429. The maximum atomic E-state index is 11.6. The summed E-state index contributed by atoms with van der Waals surface area (Å²) in [6, 6.07) is 9.44. The molecule has 0 heterocycles. The van der Waals surface area contributed by atoms with Crippen LogP contribution in [0, 0.1) is 5.92 Å². The van der Waals surface area contributed by atoms with E-state index >= 15 is 0 Å². The molecule has 0 aliphatic heterocycles. The second-order valence-electron chi connectivity index (χ2n) is 5.55. The van der Waals surface area contributed by atoms with E-state index in [-0.39, 0.29) is 24.5 Å². The summed E-state index contributed by atoms with van der Waals surface area (Å²) in [7, 11) is 0. The molecule has 0 aromatic heterocycles. The predicted molar refractivity (Wildman–Crippen MR) is 74.7 cm³/mol. The Morgan fingerprint density at radius 3 is 2.53 bits per heavy atom. The van der Waals surface area contributed by atoms with Gasteiger partial charge in [0.1, 0.15) is 5.60 Å². The maximum absolute atomic E-state index is 11.6. The molecule has 1 aliphatic carbocycles. The van der Waals surface area contributed by atoms with Crippen LogP contribution in [0.1, 0.15) is 32.3 Å². The third kappa shape index (κ3) is 3.47. The first-order valence-corrected chi connectivity index (χ1v) is 6.84. The van der Waals surface area contributed by atoms with Gasteiger partial charge in [-0.2, -0.15) is 0 Å². The Balaban J connectivity index is 2.03. The van der Waals surface area contributed by atoms with Gasteiger partial charge >= 0.3 is 6.03 Å². The van der Waals surface area contributed by atoms with Crippen molar-refractivity contribution in [2.75, 3.05) is 6.54 Å². The smallest absolute Gasteiger partial charge is 0.315 e. The minimum atomic E-state index is -0.949. The van der Waals surface area contributed by atoms with Crippen LogP contribution in [0.2, 0.25) is 0 Å². The van der Waals surface area contributed by atoms with Crippen molar-refractivity contribution >= 4 is 6.03 Å². The molecule has 0 spiro atoms. The van der Waals surface area contributed by atoms with Crippen LogP contribution in [0.25, 0.3) is 0 Å². The predicted octanol–water partition coefficient (Wildman–Crippen LogP) is 1.99. The number of rotatable bonds is 5. The summed E-state index contributed by atoms with van der Waals surface area (Å²) in [6.07, 6.45) is 2.03. The third-order valence-electron chi connectivity index (χ3n) is 3.46. The van der Waals surface area contributed by atoms with Crippen LogP contribution in [0.3, 0.4) is 0 Å². The molecular formula is C15H22N2O2. The Hall–Kier alpha value is -1.55. The second-order valence-corrected chi connectivity index (χ2v) is 5.55. The van der Waals surface area contributed by atoms with Gasteiger partial charge in [-0.1, -0.05) is 30.3 Å². The SMILES string of the molecule is CC(C)NC(=O)NCC(O)(c1ccccc1)C1CC1. The first kappa shape index (κ1) is 13.9. The molecule has 2 rings (SSSR count). The molecule has 1 saturated carbocycles. The first-order valence-electron chi connectivity index (χ1n) is 6.84. The lowest BCUT2D eigenvalue weighted by Gasteiger charge is -2.29. The van der Waals surface area contributed by atoms with Crippen LogP contribution >= 0.6 is 0 Å². The van der Waals surface area contributed by atoms with Crippen LogP contribution < -0.4 is 10.6 Å². The Kier molecular flexibility index (Phi) is 4.10. The standard InChI is InChI=1S/C15H22N2O2/c1-11(2)17-14(18)16-10-15(19,13-8-9-13)12-6-4-3-5-7-12/h3-7,11,13,19H,8-10H2,1-2H3,(H2,16,17,18). The fourth-order valence-corrected chi connectivity index (χ4v) is 2.30. The topological polar surface area (TPSA) is 61.4 Å². The minimum absolute atomic E-state index is 0.0887. The van der Waals surface area contributed by atoms with E-state index in [1.807, 2.05) is 44.2 Å². The molecule has 4 nitrogen and oxygen atoms in total. The van der Waals surface area contributed by atoms with Crippen molar-refractivity contribution in [3.8, 4) is 0 Å². The van der Waals surface area contributed by atoms with E-state index in [1.165, 1.54) is 0 Å². The van der Waals surface area contributed by atoms with Crippen molar-refractivity contribution in [2.24, 2.45) is 5.92 Å². The van der Waals surface area contributed by atoms with E-state index < -0.39 is 5.60 Å². The number of hydrogen-bond acceptors (Lipinski definition) is 2. The molecule has 1 aromatic carbocycles. The van der Waals surface area contributed by atoms with Crippen molar-refractivity contribution in [3.63, 3.8) is 0 Å². The molecule has 0 saturated heterocycles. The molecular weight excluding hydrogens is 240 g/mol. The average molecular weight is 262 g/mol. The molecule has 2 amide bonds. The van der Waals surface area contributed by atoms with E-state index in [4.69, 9.17) is 0 Å². The Labute approximate surface area is 114 Å². The van der Waals surface area contributed by atoms with Crippen LogP contribution in [-0.4, -0.2) is 23.7 Å². The number of carbonyl (C=O) groups excluding carboxylic acids is 1. The normalized spacial score (nSPS) is 17.9. The maximum Gasteiger partial charge on any atom is 0.315 e. The second kappa shape index (κ2) is 5.61. The zero-order valence-electron chi connectivity index (χ0n) is 11.5. The van der Waals surface area contributed by atoms with Gasteiger partial charge in [-0.15, -0.1) is 0 Å². The third-order valence-corrected chi connectivity index (χ3v) is 3.46. The summed E-state index contributed by atoms with van der Waals surface area (Å²) in [6.45, 7) is 4.06. The van der Waals surface area contributed by atoms with Crippen LogP contribution in [0.4, 0.5) is 4.79 Å². The number of aliphatic hydroxyl groups is 1. The number of urea groups is 1. The van der Waals surface area contributed by atoms with Crippen LogP contribution in [0.5, 0.6) is 0 Å². The van der Waals surface area contributed by atoms with Gasteiger partial charge in [-0.3, -0.25) is 0 Å². The molecule has 4 heteroatoms. The number of nitrogens with one attached hydrogen (secondary N) is 2. The lowest BCUT2D eigenvalue weighted by Crippen LogP contribution is -2.47. The molecule has 1 aromatic rings. The van der Waals surface area contributed by atoms with E-state index in [0.29, 0.717) is 0 Å². The molecule has 19 heavy (non-hydrogen) atoms. The summed E-state index contributed by atoms with van der Waals surface area (Å²) in [5.41, 5.74) is -0.0717. The molecule has 1 atom stereocenters. The average Bonchev–Trinajstić information content (AvgIpc) is 3.21. The highest BCUT2D eigenvalue weighted by atomic mass is 16.3. The number of hydrogen-bond donors (Lipinski definition) is 3. The van der Waals surface area contributed by atoms with E-state index in [2.05, 4.69) is 10.6 Å². The van der Waals surface area contributed by atoms with Gasteiger partial charge in [0.15, 0.2) is 0 Å². The van der Waals surface area contributed by atoms with E-state index in [9.17, 15) is 9.90 Å². The zero-order chi connectivity index (χ0) is 13.9. The van der Waals surface area contributed by atoms with E-state index in [0.717, 1.165) is 18.4 Å². The van der Waals surface area contributed by atoms with Gasteiger partial charge in [0, 0.05) is 6.04 Å². The summed E-state index contributed by atoms with van der Waals surface area (Å²) in [5.74, 6) is 0.245. The fourth-order valence-electron chi connectivity index (χ4n) is 2.30. The van der Waals surface area contributed by atoms with Crippen molar-refractivity contribution in [2.45, 2.75) is 38.3 Å². The van der Waals surface area contributed by atoms with Crippen molar-refractivity contribution in [1.29, 1.82) is 0 Å². The lowest BCUT2D eigenvalue weighted by atomic mass is 9.89. The van der Waals surface area contributed by atoms with Gasteiger partial charge in [-0.05, 0) is 38.2 Å². The quantitative estimate of drug-likeness (QED) is 0.760. The number of benzene rings is 1. The van der Waals surface area contributed by atoms with Gasteiger partial charge in [0.2, 0.25) is 0 Å². The minimum Gasteiger partial charge on any atom is -0.383 e. The highest BCUT2D eigenvalue weighted by molar-refractivity contribution is 5.74. The van der Waals surface area contributed by atoms with Gasteiger partial charge in [-0.25, -0.2) is 4.79 Å². The Morgan fingerprint density at radius 1 is 1.37 bits per heavy atom. The highest BCUT2D eigenvalue weighted by Gasteiger charge is 2.45. The summed E-state index contributed by atoms with van der Waals surface area (Å²) in [4.78, 5) is 11.6. The highest BCUT2D eigenvalue weighted by Crippen LogP contribution is 2.45. The molecule has 0 bridgehead atoms. The number of amides is 2. The molecule has 3 N–H and O–H groups in total. The summed E-state index contributed by atoms with van der Waals surface area (Å²) < 4.78 is 0. The van der Waals surface area contributed by atoms with Crippen LogP contribution in [-0.2, 0) is 5.60 Å². The molecule has 0 radical (unpaired) electrons. The molecule has 1 unspecified atom stereocenters. The summed E-state index contributed by atoms with van der Waals surface area (Å²) in [5, 5.41) is 16.4. The van der Waals surface area contributed by atoms with E-state index in [1.54, 1.807) is 0 Å². The lowest BCUT2D eigenvalue weighted by molar-refractivity contribution is 0.0159. The van der Waals surface area contributed by atoms with Gasteiger partial charge in [0.25, 0.3) is 0 Å². The van der Waals surface area contributed by atoms with Gasteiger partial charge < -0.3 is 15.7 Å². The monoisotopic (exact) mass is 262 g/mol. The van der Waals surface area contributed by atoms with Crippen molar-refractivity contribution in [3.05, 3.63) is 35.9 Å². The van der Waals surface area contributed by atoms with Crippen molar-refractivity contribution < 1.29 is 9.90 Å². The molecule has 1 fully saturated rings. The van der Waals surface area contributed by atoms with Crippen LogP contribution in [0.15, 0.2) is 30.3 Å². The molecule has 1 aliphatic rings. The first-order chi connectivity index (χ1) is 9.02. The van der Waals surface area contributed by atoms with Crippen molar-refractivity contribution in [1.82, 2.24) is 10.6 Å². The van der Waals surface area contributed by atoms with Gasteiger partial charge in [0.05, 0.1) is 6.54 Å².